The predicted octanol–water partition coefficient (Wildman–Crippen LogP) is -13.7. The van der Waals surface area contributed by atoms with Crippen LogP contribution in [0.1, 0.15) is 34.1 Å². The fraction of sp³-hybridized carbons (Fsp3) is 0.868. The van der Waals surface area contributed by atoms with Crippen molar-refractivity contribution < 1.29 is 192 Å². The van der Waals surface area contributed by atoms with Gasteiger partial charge in [-0.3, -0.25) is 19.2 Å². The van der Waals surface area contributed by atoms with E-state index in [4.69, 9.17) is 71.8 Å². The van der Waals surface area contributed by atoms with Crippen molar-refractivity contribution in [2.24, 2.45) is 5.11 Å². The number of carboxylic acid groups (broad SMARTS) is 3. The summed E-state index contributed by atoms with van der Waals surface area (Å²) < 4.78 is 80.0. The van der Waals surface area contributed by atoms with Gasteiger partial charge in [-0.15, -0.1) is 0 Å². The number of azide groups is 1. The number of carbonyl (C=O) groups is 7. The van der Waals surface area contributed by atoms with Gasteiger partial charge in [0.15, 0.2) is 62.3 Å². The van der Waals surface area contributed by atoms with Crippen LogP contribution >= 0.6 is 0 Å². The summed E-state index contributed by atoms with van der Waals surface area (Å²) in [5.74, 6) is -9.69. The SMILES string of the molecule is CC(=O)N[C@H]1[C@H](O[C@H]2[C@H](O)[C@@H](O)[C@H](O[C@H]3[C@H](O)[C@@H](CO)O[C@@H](O[C@H]4[C@H](O)[C@@H](O)[C@H](O[C@H]5[C@H](O)[C@@H](CO)O[C@@H](O[C@H]6[C@H](O)[C@@H](O)[C@H](O[C@H]7[C@H](O)[C@@H](CO)O[C@@H](OCCCN=[N+]=[N-])[C@@H]7NC(C)=O)O[C@@H]6C(=O)O)[C@@H]5NC(C)=O)O[C@@H]4C(=O)O)[C@@H]3NC(C)=O)O[C@@H]2C(=O)O)O[C@H](CO)[C@@H](O)[C@@H]1O. The molecule has 7 heterocycles. The molecule has 7 aliphatic heterocycles. The molecule has 7 fully saturated rings. The summed E-state index contributed by atoms with van der Waals surface area (Å²) in [7, 11) is 0. The minimum atomic E-state index is -2.61. The molecule has 564 valence electrons. The molecular weight excluding hydrogens is 1360 g/mol. The number of ether oxygens (including phenoxy) is 14. The summed E-state index contributed by atoms with van der Waals surface area (Å²) in [4.78, 5) is 92.0. The maximum absolute atomic E-state index is 13.2. The predicted molar refractivity (Wildman–Crippen MR) is 302 cm³/mol. The molecule has 0 unspecified atom stereocenters. The number of amides is 4. The van der Waals surface area contributed by atoms with E-state index in [1.807, 2.05) is 0 Å². The standard InChI is InChI=1S/C53H83N7O39/c1-12(65)56-20-28(73)24(69)16(8-61)88-48(20)94-38-29(74)32(77)52(97-41(38)44(80)81)92-36-22(58-14(3)67)50(90-18(10-63)26(36)71)96-40-31(76)34(79)53(99-43(40)46(84)85)93-37-23(59-15(4)68)49(89-19(11-64)27(37)72)95-39-30(75)33(78)51(98-42(39)45(82)83)91-35-21(57-13(2)66)47(86-7-5-6-55-60-54)87-17(9-62)25(35)70/h16-43,47-53,61-64,69-79H,5-11H2,1-4H3,(H,56,65)(H,57,66)(H,58,67)(H,59,68)(H,80,81)(H,82,83)(H,84,85)/t16-,17-,18-,19-,20-,21-,22-,23-,24-,25-,26-,27-,28-,29-,30-,31-,32-,33-,34-,35-,36-,37-,38+,39+,40+,41+,42+,43+,47-,48+,49+,50+,51-,52-,53-/m1/s1. The van der Waals surface area contributed by atoms with Crippen LogP contribution in [0, 0.1) is 0 Å². The monoisotopic (exact) mass is 1440 g/mol. The highest BCUT2D eigenvalue weighted by atomic mass is 16.8. The number of nitrogens with one attached hydrogen (secondary N) is 4. The molecular formula is C53H83N7O39. The fourth-order valence-corrected chi connectivity index (χ4v) is 12.0. The summed E-state index contributed by atoms with van der Waals surface area (Å²) in [6, 6.07) is -7.39. The Morgan fingerprint density at radius 3 is 0.929 bits per heavy atom. The molecule has 0 aromatic heterocycles. The lowest BCUT2D eigenvalue weighted by molar-refractivity contribution is -0.379. The molecule has 99 heavy (non-hydrogen) atoms. The van der Waals surface area contributed by atoms with Crippen molar-refractivity contribution in [3.8, 4) is 0 Å². The van der Waals surface area contributed by atoms with E-state index in [-0.39, 0.29) is 19.6 Å². The molecule has 0 aromatic rings. The molecule has 0 bridgehead atoms. The lowest BCUT2D eigenvalue weighted by atomic mass is 9.93. The lowest BCUT2D eigenvalue weighted by Crippen LogP contribution is -2.71. The zero-order valence-corrected chi connectivity index (χ0v) is 52.6. The number of hydrogen-bond acceptors (Lipinski definition) is 37. The second-order valence-corrected chi connectivity index (χ2v) is 23.8. The van der Waals surface area contributed by atoms with Crippen molar-refractivity contribution >= 4 is 41.5 Å². The van der Waals surface area contributed by atoms with Crippen LogP contribution in [0.4, 0.5) is 0 Å². The number of aliphatic hydroxyl groups is 15. The number of nitrogens with zero attached hydrogens (tertiary/aromatic N) is 3. The van der Waals surface area contributed by atoms with E-state index in [2.05, 4.69) is 31.3 Å². The highest BCUT2D eigenvalue weighted by Crippen LogP contribution is 2.39. The van der Waals surface area contributed by atoms with Crippen molar-refractivity contribution in [1.82, 2.24) is 21.3 Å². The van der Waals surface area contributed by atoms with Crippen LogP contribution in [0.5, 0.6) is 0 Å². The van der Waals surface area contributed by atoms with Crippen LogP contribution in [0.25, 0.3) is 10.4 Å². The van der Waals surface area contributed by atoms with Crippen LogP contribution in [-0.4, -0.2) is 388 Å². The Labute approximate surface area is 557 Å². The normalized spacial score (nSPS) is 44.1. The van der Waals surface area contributed by atoms with Crippen molar-refractivity contribution in [2.75, 3.05) is 39.6 Å². The maximum atomic E-state index is 13.2. The number of hydrogen-bond donors (Lipinski definition) is 22. The van der Waals surface area contributed by atoms with Gasteiger partial charge in [-0.25, -0.2) is 14.4 Å². The average Bonchev–Trinajstić information content (AvgIpc) is 0.770. The van der Waals surface area contributed by atoms with Gasteiger partial charge in [0.05, 0.1) is 26.4 Å². The first-order valence-corrected chi connectivity index (χ1v) is 30.6. The number of aliphatic hydroxyl groups excluding tert-OH is 15. The van der Waals surface area contributed by atoms with E-state index in [9.17, 15) is 125 Å². The fourth-order valence-electron chi connectivity index (χ4n) is 12.0. The zero-order valence-electron chi connectivity index (χ0n) is 52.6. The third kappa shape index (κ3) is 18.6. The maximum Gasteiger partial charge on any atom is 0.335 e. The van der Waals surface area contributed by atoms with Gasteiger partial charge in [-0.2, -0.15) is 0 Å². The second-order valence-electron chi connectivity index (χ2n) is 23.8. The average molecular weight is 1440 g/mol. The van der Waals surface area contributed by atoms with E-state index in [1.165, 1.54) is 0 Å². The van der Waals surface area contributed by atoms with Crippen LogP contribution in [-0.2, 0) is 99.9 Å². The first-order valence-electron chi connectivity index (χ1n) is 30.6. The molecule has 7 rings (SSSR count). The highest BCUT2D eigenvalue weighted by Gasteiger charge is 2.61. The van der Waals surface area contributed by atoms with Gasteiger partial charge < -0.3 is 180 Å². The van der Waals surface area contributed by atoms with Crippen LogP contribution < -0.4 is 21.3 Å². The Hall–Kier alpha value is -5.56. The molecule has 35 atom stereocenters. The number of carbonyl (C=O) groups excluding carboxylic acids is 4. The van der Waals surface area contributed by atoms with E-state index < -0.39 is 283 Å². The molecule has 46 nitrogen and oxygen atoms in total. The van der Waals surface area contributed by atoms with Crippen molar-refractivity contribution in [1.29, 1.82) is 0 Å². The van der Waals surface area contributed by atoms with Gasteiger partial charge in [0.25, 0.3) is 0 Å². The topological polar surface area (TPSA) is 710 Å². The zero-order chi connectivity index (χ0) is 73.3. The minimum absolute atomic E-state index is 0.0576. The summed E-state index contributed by atoms with van der Waals surface area (Å²) in [5.41, 5.74) is 8.63. The van der Waals surface area contributed by atoms with Gasteiger partial charge in [-0.05, 0) is 12.0 Å². The smallest absolute Gasteiger partial charge is 0.335 e. The van der Waals surface area contributed by atoms with E-state index >= 15 is 0 Å². The third-order valence-corrected chi connectivity index (χ3v) is 16.8. The highest BCUT2D eigenvalue weighted by molar-refractivity contribution is 5.76. The van der Waals surface area contributed by atoms with E-state index in [0.717, 1.165) is 27.7 Å². The van der Waals surface area contributed by atoms with Crippen LogP contribution in [0.3, 0.4) is 0 Å². The Balaban J connectivity index is 1.11. The van der Waals surface area contributed by atoms with Crippen molar-refractivity contribution in [3.05, 3.63) is 10.4 Å². The molecule has 0 aliphatic carbocycles. The third-order valence-electron chi connectivity index (χ3n) is 16.8. The quantitative estimate of drug-likeness (QED) is 0.0150. The van der Waals surface area contributed by atoms with Crippen LogP contribution in [0.15, 0.2) is 5.11 Å². The molecule has 0 spiro atoms. The minimum Gasteiger partial charge on any atom is -0.479 e. The largest absolute Gasteiger partial charge is 0.479 e. The molecule has 4 amide bonds. The van der Waals surface area contributed by atoms with Crippen LogP contribution in [0.2, 0.25) is 0 Å². The van der Waals surface area contributed by atoms with Gasteiger partial charge in [0.1, 0.15) is 152 Å². The summed E-state index contributed by atoms with van der Waals surface area (Å²) >= 11 is 0. The Bertz CT molecular complexity index is 2790. The van der Waals surface area contributed by atoms with Gasteiger partial charge in [0, 0.05) is 45.8 Å². The molecule has 0 aromatic carbocycles. The lowest BCUT2D eigenvalue weighted by Gasteiger charge is -2.51. The number of carboxylic acids is 3. The molecule has 0 radical (unpaired) electrons. The Morgan fingerprint density at radius 2 is 0.636 bits per heavy atom. The molecule has 7 aliphatic rings. The summed E-state index contributed by atoms with van der Waals surface area (Å²) in [6.45, 7) is -0.790. The molecule has 0 saturated carbocycles. The van der Waals surface area contributed by atoms with Crippen molar-refractivity contribution in [3.63, 3.8) is 0 Å². The molecule has 22 N–H and O–H groups in total. The number of aliphatic carboxylic acids is 3. The van der Waals surface area contributed by atoms with Gasteiger partial charge >= 0.3 is 17.9 Å². The first kappa shape index (κ1) is 80.7. The Morgan fingerprint density at radius 1 is 0.364 bits per heavy atom. The van der Waals surface area contributed by atoms with E-state index in [0.29, 0.717) is 0 Å². The first-order chi connectivity index (χ1) is 46.7. The summed E-state index contributed by atoms with van der Waals surface area (Å²) in [5, 5.41) is 210. The van der Waals surface area contributed by atoms with Crippen molar-refractivity contribution in [2.45, 2.75) is 249 Å². The Kier molecular flexibility index (Phi) is 29.0. The van der Waals surface area contributed by atoms with Gasteiger partial charge in [-0.1, -0.05) is 5.11 Å². The van der Waals surface area contributed by atoms with Gasteiger partial charge in [0.2, 0.25) is 23.6 Å². The van der Waals surface area contributed by atoms with E-state index in [1.54, 1.807) is 0 Å². The molecule has 7 saturated heterocycles. The second kappa shape index (κ2) is 35.6. The summed E-state index contributed by atoms with van der Waals surface area (Å²) in [6.07, 6.45) is -68.2. The number of rotatable bonds is 28. The molecule has 46 heteroatoms.